The molecule has 2 nitrogen and oxygen atoms in total. The van der Waals surface area contributed by atoms with Crippen molar-refractivity contribution in [2.75, 3.05) is 12.3 Å². The van der Waals surface area contributed by atoms with E-state index in [1.54, 1.807) is 11.3 Å². The van der Waals surface area contributed by atoms with Crippen LogP contribution in [0.3, 0.4) is 0 Å². The molecule has 1 aliphatic heterocycles. The van der Waals surface area contributed by atoms with Gasteiger partial charge in [0.2, 0.25) is 0 Å². The Balaban J connectivity index is 1.85. The van der Waals surface area contributed by atoms with Crippen LogP contribution in [-0.2, 0) is 6.42 Å². The van der Waals surface area contributed by atoms with Gasteiger partial charge in [-0.2, -0.15) is 11.3 Å². The first kappa shape index (κ1) is 13.9. The maximum Gasteiger partial charge on any atom is 0.156 e. The van der Waals surface area contributed by atoms with E-state index in [-0.39, 0.29) is 0 Å². The average Bonchev–Trinajstić information content (AvgIpc) is 2.81. The molecule has 2 rings (SSSR count). The first-order valence-electron chi connectivity index (χ1n) is 6.50. The summed E-state index contributed by atoms with van der Waals surface area (Å²) in [6, 6.07) is 2.74. The van der Waals surface area contributed by atoms with Crippen LogP contribution in [0.25, 0.3) is 0 Å². The zero-order valence-corrected chi connectivity index (χ0v) is 13.0. The van der Waals surface area contributed by atoms with Gasteiger partial charge in [-0.25, -0.2) is 0 Å². The van der Waals surface area contributed by atoms with Crippen molar-refractivity contribution in [3.8, 4) is 0 Å². The van der Waals surface area contributed by atoms with E-state index in [4.69, 9.17) is 4.99 Å². The van der Waals surface area contributed by atoms with Gasteiger partial charge in [-0.1, -0.05) is 32.5 Å². The Morgan fingerprint density at radius 1 is 1.44 bits per heavy atom. The predicted octanol–water partition coefficient (Wildman–Crippen LogP) is 3.79. The summed E-state index contributed by atoms with van der Waals surface area (Å²) in [5.41, 5.74) is 1.72. The molecule has 100 valence electrons. The molecule has 0 aromatic carbocycles. The van der Waals surface area contributed by atoms with Crippen LogP contribution in [0, 0.1) is 5.41 Å². The fraction of sp³-hybridized carbons (Fsp3) is 0.643. The lowest BCUT2D eigenvalue weighted by Gasteiger charge is -2.35. The first-order valence-corrected chi connectivity index (χ1v) is 8.43. The molecule has 1 N–H and O–H groups in total. The third kappa shape index (κ3) is 4.02. The monoisotopic (exact) mass is 282 g/mol. The number of thiophene rings is 1. The molecule has 18 heavy (non-hydrogen) atoms. The van der Waals surface area contributed by atoms with Crippen molar-refractivity contribution >= 4 is 28.3 Å². The molecule has 4 heteroatoms. The molecule has 1 aliphatic rings. The van der Waals surface area contributed by atoms with Gasteiger partial charge < -0.3 is 5.32 Å². The predicted molar refractivity (Wildman–Crippen MR) is 83.8 cm³/mol. The largest absolute Gasteiger partial charge is 0.362 e. The van der Waals surface area contributed by atoms with Gasteiger partial charge in [-0.3, -0.25) is 4.99 Å². The first-order chi connectivity index (χ1) is 8.55. The van der Waals surface area contributed by atoms with Crippen LogP contribution in [-0.4, -0.2) is 23.5 Å². The second-order valence-electron chi connectivity index (χ2n) is 5.77. The quantitative estimate of drug-likeness (QED) is 0.912. The molecule has 1 fully saturated rings. The highest BCUT2D eigenvalue weighted by Gasteiger charge is 2.28. The Hall–Kier alpha value is -0.480. The summed E-state index contributed by atoms with van der Waals surface area (Å²) in [4.78, 5) is 4.69. The van der Waals surface area contributed by atoms with Gasteiger partial charge in [0, 0.05) is 18.3 Å². The summed E-state index contributed by atoms with van der Waals surface area (Å²) in [6.07, 6.45) is 2.28. The van der Waals surface area contributed by atoms with E-state index in [1.165, 1.54) is 17.7 Å². The van der Waals surface area contributed by atoms with Gasteiger partial charge in [-0.05, 0) is 40.6 Å². The minimum atomic E-state index is 0.315. The smallest absolute Gasteiger partial charge is 0.156 e. The summed E-state index contributed by atoms with van der Waals surface area (Å²) in [7, 11) is 0. The molecular formula is C14H22N2S2. The summed E-state index contributed by atoms with van der Waals surface area (Å²) in [5, 5.41) is 9.06. The third-order valence-electron chi connectivity index (χ3n) is 3.22. The number of nitrogens with one attached hydrogen (secondary N) is 1. The normalized spacial score (nSPS) is 23.1. The molecule has 1 saturated heterocycles. The van der Waals surface area contributed by atoms with Crippen LogP contribution in [0.15, 0.2) is 21.8 Å². The molecule has 2 heterocycles. The summed E-state index contributed by atoms with van der Waals surface area (Å²) >= 11 is 3.62. The highest BCUT2D eigenvalue weighted by molar-refractivity contribution is 8.13. The van der Waals surface area contributed by atoms with Crippen LogP contribution in [0.4, 0.5) is 0 Å². The van der Waals surface area contributed by atoms with Gasteiger partial charge in [0.25, 0.3) is 0 Å². The van der Waals surface area contributed by atoms with Crippen molar-refractivity contribution in [3.63, 3.8) is 0 Å². The third-order valence-corrected chi connectivity index (χ3v) is 4.92. The summed E-state index contributed by atoms with van der Waals surface area (Å²) in [5.74, 6) is 1.19. The van der Waals surface area contributed by atoms with Gasteiger partial charge in [0.05, 0.1) is 0 Å². The van der Waals surface area contributed by atoms with Crippen molar-refractivity contribution < 1.29 is 0 Å². The van der Waals surface area contributed by atoms with E-state index < -0.39 is 0 Å². The molecule has 1 unspecified atom stereocenters. The fourth-order valence-electron chi connectivity index (χ4n) is 2.00. The molecule has 0 bridgehead atoms. The fourth-order valence-corrected chi connectivity index (χ4v) is 3.66. The zero-order chi connectivity index (χ0) is 13.0. The summed E-state index contributed by atoms with van der Waals surface area (Å²) in [6.45, 7) is 7.78. The lowest BCUT2D eigenvalue weighted by molar-refractivity contribution is 0.290. The molecule has 1 atom stereocenters. The Morgan fingerprint density at radius 3 is 2.94 bits per heavy atom. The van der Waals surface area contributed by atoms with Gasteiger partial charge in [0.1, 0.15) is 0 Å². The van der Waals surface area contributed by atoms with Crippen LogP contribution < -0.4 is 5.32 Å². The Labute approximate surface area is 118 Å². The zero-order valence-electron chi connectivity index (χ0n) is 11.4. The number of hydrogen-bond acceptors (Lipinski definition) is 3. The van der Waals surface area contributed by atoms with Crippen molar-refractivity contribution in [1.29, 1.82) is 0 Å². The Bertz CT molecular complexity index is 390. The van der Waals surface area contributed by atoms with Gasteiger partial charge >= 0.3 is 0 Å². The van der Waals surface area contributed by atoms with Crippen molar-refractivity contribution in [3.05, 3.63) is 22.4 Å². The van der Waals surface area contributed by atoms with E-state index >= 15 is 0 Å². The van der Waals surface area contributed by atoms with E-state index in [0.29, 0.717) is 11.5 Å². The minimum Gasteiger partial charge on any atom is -0.362 e. The van der Waals surface area contributed by atoms with Crippen molar-refractivity contribution in [2.45, 2.75) is 39.7 Å². The number of aliphatic imine (C=N–C) groups is 1. The highest BCUT2D eigenvalue weighted by atomic mass is 32.2. The van der Waals surface area contributed by atoms with Crippen molar-refractivity contribution in [2.24, 2.45) is 10.4 Å². The standard InChI is InChI=1S/C14H22N2S2/c1-14(2,3)12-6-9-18-13(16-12)15-7-4-11-5-8-17-10-11/h5,8,10,12H,4,6-7,9H2,1-3H3,(H,15,16). The molecule has 1 aromatic rings. The lowest BCUT2D eigenvalue weighted by atomic mass is 9.85. The highest BCUT2D eigenvalue weighted by Crippen LogP contribution is 2.27. The van der Waals surface area contributed by atoms with Crippen molar-refractivity contribution in [1.82, 2.24) is 5.32 Å². The van der Waals surface area contributed by atoms with Crippen LogP contribution in [0.2, 0.25) is 0 Å². The molecule has 1 aromatic heterocycles. The van der Waals surface area contributed by atoms with Gasteiger partial charge in [0.15, 0.2) is 5.17 Å². The number of hydrogen-bond donors (Lipinski definition) is 1. The second kappa shape index (κ2) is 6.11. The van der Waals surface area contributed by atoms with E-state index in [0.717, 1.165) is 18.1 Å². The van der Waals surface area contributed by atoms with Crippen LogP contribution in [0.5, 0.6) is 0 Å². The Kier molecular flexibility index (Phi) is 4.73. The number of rotatable bonds is 3. The number of nitrogens with zero attached hydrogens (tertiary/aromatic N) is 1. The molecule has 0 aliphatic carbocycles. The minimum absolute atomic E-state index is 0.315. The average molecular weight is 282 g/mol. The molecule has 0 spiro atoms. The maximum atomic E-state index is 4.69. The van der Waals surface area contributed by atoms with E-state index in [2.05, 4.69) is 42.9 Å². The van der Waals surface area contributed by atoms with E-state index in [9.17, 15) is 0 Å². The molecular weight excluding hydrogens is 260 g/mol. The topological polar surface area (TPSA) is 24.4 Å². The molecule has 0 radical (unpaired) electrons. The Morgan fingerprint density at radius 2 is 2.28 bits per heavy atom. The number of amidine groups is 1. The summed E-state index contributed by atoms with van der Waals surface area (Å²) < 4.78 is 0. The van der Waals surface area contributed by atoms with E-state index in [1.807, 2.05) is 11.8 Å². The molecule has 0 amide bonds. The second-order valence-corrected chi connectivity index (χ2v) is 7.63. The van der Waals surface area contributed by atoms with Crippen LogP contribution in [0.1, 0.15) is 32.8 Å². The number of thioether (sulfide) groups is 1. The molecule has 0 saturated carbocycles. The lowest BCUT2D eigenvalue weighted by Crippen LogP contribution is -2.46. The maximum absolute atomic E-state index is 4.69. The van der Waals surface area contributed by atoms with Gasteiger partial charge in [-0.15, -0.1) is 0 Å². The SMILES string of the molecule is CC(C)(C)C1CCSC(=NCCc2ccsc2)N1. The van der Waals surface area contributed by atoms with Crippen LogP contribution >= 0.6 is 23.1 Å².